The maximum Gasteiger partial charge on any atom is 0.401 e. The summed E-state index contributed by atoms with van der Waals surface area (Å²) in [7, 11) is 0. The molecule has 12 heteroatoms. The van der Waals surface area contributed by atoms with E-state index in [2.05, 4.69) is 5.32 Å². The molecule has 1 saturated heterocycles. The number of primary amides is 1. The average Bonchev–Trinajstić information content (AvgIpc) is 2.61. The van der Waals surface area contributed by atoms with Crippen LogP contribution in [0.4, 0.5) is 28.9 Å². The quantitative estimate of drug-likeness (QED) is 0.487. The third-order valence-electron chi connectivity index (χ3n) is 5.26. The van der Waals surface area contributed by atoms with Gasteiger partial charge in [-0.15, -0.1) is 0 Å². The van der Waals surface area contributed by atoms with Crippen LogP contribution in [0.15, 0.2) is 18.2 Å². The molecule has 0 radical (unpaired) electrons. The first-order chi connectivity index (χ1) is 14.6. The molecule has 2 fully saturated rings. The van der Waals surface area contributed by atoms with E-state index in [4.69, 9.17) is 10.5 Å². The van der Waals surface area contributed by atoms with Gasteiger partial charge in [-0.3, -0.25) is 19.3 Å². The maximum absolute atomic E-state index is 14.6. The van der Waals surface area contributed by atoms with Gasteiger partial charge in [-0.05, 0) is 31.0 Å². The minimum absolute atomic E-state index is 0.142. The molecule has 0 spiro atoms. The van der Waals surface area contributed by atoms with Crippen molar-refractivity contribution in [1.29, 1.82) is 0 Å². The number of nitrogens with two attached hydrogens (primary N) is 1. The minimum atomic E-state index is -4.65. The highest BCUT2D eigenvalue weighted by molar-refractivity contribution is 6.09. The van der Waals surface area contributed by atoms with Gasteiger partial charge >= 0.3 is 6.18 Å². The van der Waals surface area contributed by atoms with Crippen LogP contribution >= 0.6 is 0 Å². The summed E-state index contributed by atoms with van der Waals surface area (Å²) in [6.45, 7) is -1.13. The molecule has 1 aromatic carbocycles. The van der Waals surface area contributed by atoms with Crippen molar-refractivity contribution in [3.8, 4) is 0 Å². The summed E-state index contributed by atoms with van der Waals surface area (Å²) in [6, 6.07) is 1.02. The summed E-state index contributed by atoms with van der Waals surface area (Å²) < 4.78 is 58.7. The van der Waals surface area contributed by atoms with Crippen LogP contribution in [-0.4, -0.2) is 67.2 Å². The Kier molecular flexibility index (Phi) is 6.80. The fourth-order valence-electron chi connectivity index (χ4n) is 3.57. The van der Waals surface area contributed by atoms with Crippen molar-refractivity contribution in [1.82, 2.24) is 4.90 Å². The Bertz CT molecular complexity index is 860. The zero-order chi connectivity index (χ0) is 22.8. The normalized spacial score (nSPS) is 18.6. The van der Waals surface area contributed by atoms with Crippen molar-refractivity contribution < 1.29 is 36.7 Å². The van der Waals surface area contributed by atoms with Crippen molar-refractivity contribution in [2.45, 2.75) is 37.5 Å². The largest absolute Gasteiger partial charge is 0.401 e. The van der Waals surface area contributed by atoms with Crippen molar-refractivity contribution >= 4 is 29.1 Å². The first kappa shape index (κ1) is 22.9. The average molecular weight is 446 g/mol. The zero-order valence-electron chi connectivity index (χ0n) is 16.5. The highest BCUT2D eigenvalue weighted by atomic mass is 19.4. The smallest absolute Gasteiger partial charge is 0.370 e. The molecule has 8 nitrogen and oxygen atoms in total. The molecule has 170 valence electrons. The molecular formula is C19H22F4N4O4. The van der Waals surface area contributed by atoms with Gasteiger partial charge in [0.15, 0.2) is 6.04 Å². The Morgan fingerprint density at radius 1 is 1.32 bits per heavy atom. The standard InChI is InChI=1S/C19H22F4N4O4/c20-13-8-12(26-6-7-31-9-15(26)28)4-5-14(13)25-18(30)16(17(24)29)27(10-19(21,22)23)11-2-1-3-11/h4-5,8,11,16H,1-3,6-7,9-10H2,(H2,24,29)(H,25,30)/t16-/m0/s1. The van der Waals surface area contributed by atoms with Gasteiger partial charge < -0.3 is 20.7 Å². The third kappa shape index (κ3) is 5.50. The van der Waals surface area contributed by atoms with Gasteiger partial charge in [0.05, 0.1) is 18.8 Å². The number of hydrogen-bond donors (Lipinski definition) is 2. The van der Waals surface area contributed by atoms with Gasteiger partial charge in [-0.25, -0.2) is 4.39 Å². The predicted molar refractivity (Wildman–Crippen MR) is 102 cm³/mol. The van der Waals surface area contributed by atoms with E-state index < -0.39 is 42.4 Å². The van der Waals surface area contributed by atoms with Crippen LogP contribution in [0.2, 0.25) is 0 Å². The van der Waals surface area contributed by atoms with Gasteiger partial charge in [0.1, 0.15) is 12.4 Å². The molecule has 1 aliphatic carbocycles. The van der Waals surface area contributed by atoms with E-state index in [1.807, 2.05) is 0 Å². The van der Waals surface area contributed by atoms with Crippen molar-refractivity contribution in [3.05, 3.63) is 24.0 Å². The predicted octanol–water partition coefficient (Wildman–Crippen LogP) is 1.40. The molecule has 0 bridgehead atoms. The minimum Gasteiger partial charge on any atom is -0.370 e. The molecule has 1 aromatic rings. The number of morpholine rings is 1. The van der Waals surface area contributed by atoms with E-state index in [0.717, 1.165) is 11.0 Å². The van der Waals surface area contributed by atoms with E-state index in [1.165, 1.54) is 17.0 Å². The SMILES string of the molecule is NC(=O)[C@@H](C(=O)Nc1ccc(N2CCOCC2=O)cc1F)N(CC(F)(F)F)C1CCC1. The summed E-state index contributed by atoms with van der Waals surface area (Å²) >= 11 is 0. The molecular weight excluding hydrogens is 424 g/mol. The number of ether oxygens (including phenoxy) is 1. The summed E-state index contributed by atoms with van der Waals surface area (Å²) in [5, 5.41) is 2.15. The van der Waals surface area contributed by atoms with E-state index in [9.17, 15) is 31.9 Å². The molecule has 1 atom stereocenters. The zero-order valence-corrected chi connectivity index (χ0v) is 16.5. The molecule has 1 saturated carbocycles. The summed E-state index contributed by atoms with van der Waals surface area (Å²) in [5.74, 6) is -3.69. The molecule has 1 aliphatic heterocycles. The van der Waals surface area contributed by atoms with Gasteiger partial charge in [0.2, 0.25) is 5.91 Å². The van der Waals surface area contributed by atoms with Crippen LogP contribution in [0.1, 0.15) is 19.3 Å². The van der Waals surface area contributed by atoms with Crippen LogP contribution in [0, 0.1) is 5.82 Å². The number of halogens is 4. The molecule has 3 rings (SSSR count). The highest BCUT2D eigenvalue weighted by Crippen LogP contribution is 2.31. The van der Waals surface area contributed by atoms with Crippen LogP contribution in [0.25, 0.3) is 0 Å². The first-order valence-corrected chi connectivity index (χ1v) is 9.67. The molecule has 1 heterocycles. The van der Waals surface area contributed by atoms with E-state index in [-0.39, 0.29) is 37.0 Å². The third-order valence-corrected chi connectivity index (χ3v) is 5.26. The van der Waals surface area contributed by atoms with Gasteiger partial charge in [0.25, 0.3) is 11.8 Å². The second kappa shape index (κ2) is 9.18. The number of benzene rings is 1. The first-order valence-electron chi connectivity index (χ1n) is 9.67. The monoisotopic (exact) mass is 446 g/mol. The number of carbonyl (C=O) groups is 3. The number of carbonyl (C=O) groups excluding carboxylic acids is 3. The lowest BCUT2D eigenvalue weighted by Gasteiger charge is -2.40. The Balaban J connectivity index is 1.78. The fraction of sp³-hybridized carbons (Fsp3) is 0.526. The number of amides is 3. The van der Waals surface area contributed by atoms with Gasteiger partial charge in [-0.2, -0.15) is 13.2 Å². The second-order valence-corrected chi connectivity index (χ2v) is 7.43. The van der Waals surface area contributed by atoms with Crippen LogP contribution in [0.5, 0.6) is 0 Å². The molecule has 3 N–H and O–H groups in total. The topological polar surface area (TPSA) is 105 Å². The van der Waals surface area contributed by atoms with E-state index in [0.29, 0.717) is 19.3 Å². The summed E-state index contributed by atoms with van der Waals surface area (Å²) in [6.07, 6.45) is -3.20. The summed E-state index contributed by atoms with van der Waals surface area (Å²) in [5.41, 5.74) is 5.14. The van der Waals surface area contributed by atoms with Gasteiger partial charge in [0, 0.05) is 18.3 Å². The Labute approximate surface area is 175 Å². The molecule has 0 unspecified atom stereocenters. The Hall–Kier alpha value is -2.73. The van der Waals surface area contributed by atoms with Crippen molar-refractivity contribution in [2.75, 3.05) is 36.5 Å². The number of alkyl halides is 3. The van der Waals surface area contributed by atoms with Crippen LogP contribution in [-0.2, 0) is 19.1 Å². The number of nitrogens with one attached hydrogen (secondary N) is 1. The van der Waals surface area contributed by atoms with E-state index in [1.54, 1.807) is 0 Å². The number of anilines is 2. The van der Waals surface area contributed by atoms with Gasteiger partial charge in [-0.1, -0.05) is 6.42 Å². The molecule has 2 aliphatic rings. The summed E-state index contributed by atoms with van der Waals surface area (Å²) in [4.78, 5) is 38.4. The van der Waals surface area contributed by atoms with Crippen molar-refractivity contribution in [3.63, 3.8) is 0 Å². The van der Waals surface area contributed by atoms with Crippen LogP contribution in [0.3, 0.4) is 0 Å². The van der Waals surface area contributed by atoms with Crippen molar-refractivity contribution in [2.24, 2.45) is 5.73 Å². The second-order valence-electron chi connectivity index (χ2n) is 7.43. The molecule has 3 amide bonds. The van der Waals surface area contributed by atoms with E-state index >= 15 is 0 Å². The Morgan fingerprint density at radius 3 is 2.55 bits per heavy atom. The molecule has 0 aromatic heterocycles. The fourth-order valence-corrected chi connectivity index (χ4v) is 3.57. The number of rotatable bonds is 7. The lowest BCUT2D eigenvalue weighted by atomic mass is 9.90. The molecule has 31 heavy (non-hydrogen) atoms. The Morgan fingerprint density at radius 2 is 2.03 bits per heavy atom. The van der Waals surface area contributed by atoms with Crippen LogP contribution < -0.4 is 16.0 Å². The maximum atomic E-state index is 14.6. The highest BCUT2D eigenvalue weighted by Gasteiger charge is 2.44. The number of nitrogens with zero attached hydrogens (tertiary/aromatic N) is 2. The number of hydrogen-bond acceptors (Lipinski definition) is 5. The lowest BCUT2D eigenvalue weighted by Crippen LogP contribution is -2.59. The lowest BCUT2D eigenvalue weighted by molar-refractivity contribution is -0.165.